The summed E-state index contributed by atoms with van der Waals surface area (Å²) in [6, 6.07) is 6.62. The van der Waals surface area contributed by atoms with E-state index in [4.69, 9.17) is 9.84 Å². The van der Waals surface area contributed by atoms with Crippen LogP contribution in [0.4, 0.5) is 0 Å². The Balaban J connectivity index is 2.30. The number of nitrogens with one attached hydrogen (secondary N) is 1. The van der Waals surface area contributed by atoms with Gasteiger partial charge in [-0.25, -0.2) is 4.79 Å². The highest BCUT2D eigenvalue weighted by Gasteiger charge is 2.13. The van der Waals surface area contributed by atoms with E-state index in [-0.39, 0.29) is 17.6 Å². The Labute approximate surface area is 138 Å². The quantitative estimate of drug-likeness (QED) is 0.695. The molecule has 1 aromatic carbocycles. The van der Waals surface area contributed by atoms with Crippen LogP contribution in [0.3, 0.4) is 0 Å². The van der Waals surface area contributed by atoms with Crippen LogP contribution in [0.5, 0.6) is 0 Å². The maximum Gasteiger partial charge on any atom is 0.335 e. The first-order chi connectivity index (χ1) is 10.9. The molecule has 0 fully saturated rings. The lowest BCUT2D eigenvalue weighted by Gasteiger charge is -2.20. The topological polar surface area (TPSA) is 75.6 Å². The van der Waals surface area contributed by atoms with Crippen LogP contribution < -0.4 is 5.32 Å². The van der Waals surface area contributed by atoms with E-state index in [1.807, 2.05) is 6.92 Å². The van der Waals surface area contributed by atoms with E-state index in [2.05, 4.69) is 19.2 Å². The Bertz CT molecular complexity index is 496. The van der Waals surface area contributed by atoms with Gasteiger partial charge in [0.1, 0.15) is 0 Å². The fourth-order valence-corrected chi connectivity index (χ4v) is 2.34. The van der Waals surface area contributed by atoms with Crippen LogP contribution in [0.25, 0.3) is 0 Å². The summed E-state index contributed by atoms with van der Waals surface area (Å²) in [4.78, 5) is 22.6. The molecule has 0 heterocycles. The summed E-state index contributed by atoms with van der Waals surface area (Å²) in [6.07, 6.45) is 1.98. The second-order valence-electron chi connectivity index (χ2n) is 5.88. The van der Waals surface area contributed by atoms with Gasteiger partial charge in [0.25, 0.3) is 0 Å². The minimum absolute atomic E-state index is 0.00585. The van der Waals surface area contributed by atoms with Crippen molar-refractivity contribution >= 4 is 11.9 Å². The SMILES string of the molecule is CCOC(CCNC(=O)CCc1ccc(C(=O)O)cc1)C(C)C. The molecule has 1 rings (SSSR count). The largest absolute Gasteiger partial charge is 0.478 e. The molecule has 0 aliphatic carbocycles. The van der Waals surface area contributed by atoms with Crippen LogP contribution in [-0.4, -0.2) is 36.2 Å². The first-order valence-corrected chi connectivity index (χ1v) is 8.14. The number of aryl methyl sites for hydroxylation is 1. The number of hydrogen-bond acceptors (Lipinski definition) is 3. The number of carboxylic acid groups (broad SMARTS) is 1. The monoisotopic (exact) mass is 321 g/mol. The van der Waals surface area contributed by atoms with E-state index in [1.165, 1.54) is 0 Å². The van der Waals surface area contributed by atoms with Crippen molar-refractivity contribution in [3.05, 3.63) is 35.4 Å². The van der Waals surface area contributed by atoms with E-state index in [0.29, 0.717) is 31.9 Å². The average molecular weight is 321 g/mol. The molecule has 1 aromatic rings. The average Bonchev–Trinajstić information content (AvgIpc) is 2.52. The van der Waals surface area contributed by atoms with Gasteiger partial charge in [0.2, 0.25) is 5.91 Å². The Morgan fingerprint density at radius 3 is 2.39 bits per heavy atom. The second-order valence-corrected chi connectivity index (χ2v) is 5.88. The van der Waals surface area contributed by atoms with Crippen LogP contribution >= 0.6 is 0 Å². The maximum atomic E-state index is 11.9. The summed E-state index contributed by atoms with van der Waals surface area (Å²) in [5, 5.41) is 11.8. The summed E-state index contributed by atoms with van der Waals surface area (Å²) in [7, 11) is 0. The van der Waals surface area contributed by atoms with Crippen molar-refractivity contribution in [1.29, 1.82) is 0 Å². The smallest absolute Gasteiger partial charge is 0.335 e. The zero-order valence-electron chi connectivity index (χ0n) is 14.2. The fourth-order valence-electron chi connectivity index (χ4n) is 2.34. The number of carbonyl (C=O) groups excluding carboxylic acids is 1. The minimum Gasteiger partial charge on any atom is -0.478 e. The van der Waals surface area contributed by atoms with Crippen molar-refractivity contribution in [3.63, 3.8) is 0 Å². The van der Waals surface area contributed by atoms with Gasteiger partial charge in [-0.15, -0.1) is 0 Å². The number of aromatic carboxylic acids is 1. The van der Waals surface area contributed by atoms with Gasteiger partial charge in [0.15, 0.2) is 0 Å². The van der Waals surface area contributed by atoms with Gasteiger partial charge < -0.3 is 15.2 Å². The van der Waals surface area contributed by atoms with Crippen LogP contribution in [0.2, 0.25) is 0 Å². The molecule has 0 bridgehead atoms. The minimum atomic E-state index is -0.941. The normalized spacial score (nSPS) is 12.2. The first-order valence-electron chi connectivity index (χ1n) is 8.14. The summed E-state index contributed by atoms with van der Waals surface area (Å²) in [5.41, 5.74) is 1.22. The van der Waals surface area contributed by atoms with E-state index in [9.17, 15) is 9.59 Å². The van der Waals surface area contributed by atoms with Crippen molar-refractivity contribution in [2.45, 2.75) is 46.1 Å². The number of carboxylic acids is 1. The first kappa shape index (κ1) is 19.2. The molecule has 23 heavy (non-hydrogen) atoms. The third-order valence-corrected chi connectivity index (χ3v) is 3.72. The second kappa shape index (κ2) is 10.0. The van der Waals surface area contributed by atoms with Crippen LogP contribution in [0, 0.1) is 5.92 Å². The van der Waals surface area contributed by atoms with Gasteiger partial charge in [-0.3, -0.25) is 4.79 Å². The highest BCUT2D eigenvalue weighted by Crippen LogP contribution is 2.10. The zero-order chi connectivity index (χ0) is 17.2. The predicted molar refractivity (Wildman–Crippen MR) is 89.6 cm³/mol. The molecule has 5 nitrogen and oxygen atoms in total. The van der Waals surface area contributed by atoms with E-state index in [0.717, 1.165) is 12.0 Å². The molecule has 0 saturated carbocycles. The maximum absolute atomic E-state index is 11.9. The fraction of sp³-hybridized carbons (Fsp3) is 0.556. The van der Waals surface area contributed by atoms with Gasteiger partial charge >= 0.3 is 5.97 Å². The van der Waals surface area contributed by atoms with Crippen LogP contribution in [-0.2, 0) is 16.0 Å². The molecule has 0 aliphatic rings. The molecule has 0 radical (unpaired) electrons. The Morgan fingerprint density at radius 2 is 1.87 bits per heavy atom. The molecule has 1 amide bonds. The van der Waals surface area contributed by atoms with Gasteiger partial charge in [-0.2, -0.15) is 0 Å². The van der Waals surface area contributed by atoms with Crippen molar-refractivity contribution < 1.29 is 19.4 Å². The summed E-state index contributed by atoms with van der Waals surface area (Å²) < 4.78 is 5.65. The van der Waals surface area contributed by atoms with Crippen molar-refractivity contribution in [1.82, 2.24) is 5.32 Å². The predicted octanol–water partition coefficient (Wildman–Crippen LogP) is 2.88. The molecule has 128 valence electrons. The van der Waals surface area contributed by atoms with Crippen LogP contribution in [0.15, 0.2) is 24.3 Å². The molecule has 2 N–H and O–H groups in total. The Morgan fingerprint density at radius 1 is 1.22 bits per heavy atom. The summed E-state index contributed by atoms with van der Waals surface area (Å²) in [5.74, 6) is -0.505. The van der Waals surface area contributed by atoms with E-state index in [1.54, 1.807) is 24.3 Å². The highest BCUT2D eigenvalue weighted by atomic mass is 16.5. The summed E-state index contributed by atoms with van der Waals surface area (Å²) >= 11 is 0. The molecule has 0 saturated heterocycles. The standard InChI is InChI=1S/C18H27NO4/c1-4-23-16(13(2)3)11-12-19-17(20)10-7-14-5-8-15(9-6-14)18(21)22/h5-6,8-9,13,16H,4,7,10-12H2,1-3H3,(H,19,20)(H,21,22). The molecular formula is C18H27NO4. The Hall–Kier alpha value is -1.88. The molecular weight excluding hydrogens is 294 g/mol. The zero-order valence-corrected chi connectivity index (χ0v) is 14.2. The Kier molecular flexibility index (Phi) is 8.33. The lowest BCUT2D eigenvalue weighted by molar-refractivity contribution is -0.121. The molecule has 0 spiro atoms. The van der Waals surface area contributed by atoms with Crippen LogP contribution in [0.1, 0.15) is 49.5 Å². The van der Waals surface area contributed by atoms with Crippen molar-refractivity contribution in [2.24, 2.45) is 5.92 Å². The van der Waals surface area contributed by atoms with Crippen molar-refractivity contribution in [3.8, 4) is 0 Å². The molecule has 5 heteroatoms. The number of rotatable bonds is 10. The number of carbonyl (C=O) groups is 2. The molecule has 0 aliphatic heterocycles. The van der Waals surface area contributed by atoms with Crippen molar-refractivity contribution in [2.75, 3.05) is 13.2 Å². The van der Waals surface area contributed by atoms with E-state index >= 15 is 0 Å². The molecule has 1 unspecified atom stereocenters. The highest BCUT2D eigenvalue weighted by molar-refractivity contribution is 5.87. The lowest BCUT2D eigenvalue weighted by Crippen LogP contribution is -2.30. The lowest BCUT2D eigenvalue weighted by atomic mass is 10.0. The number of amides is 1. The van der Waals surface area contributed by atoms with Gasteiger partial charge in [-0.1, -0.05) is 26.0 Å². The van der Waals surface area contributed by atoms with Gasteiger partial charge in [0.05, 0.1) is 11.7 Å². The number of hydrogen-bond donors (Lipinski definition) is 2. The third kappa shape index (κ3) is 7.28. The number of ether oxygens (including phenoxy) is 1. The summed E-state index contributed by atoms with van der Waals surface area (Å²) in [6.45, 7) is 7.50. The van der Waals surface area contributed by atoms with Gasteiger partial charge in [-0.05, 0) is 43.4 Å². The van der Waals surface area contributed by atoms with Gasteiger partial charge in [0, 0.05) is 19.6 Å². The third-order valence-electron chi connectivity index (χ3n) is 3.72. The molecule has 1 atom stereocenters. The van der Waals surface area contributed by atoms with E-state index < -0.39 is 5.97 Å². The molecule has 0 aromatic heterocycles. The number of benzene rings is 1.